The maximum atomic E-state index is 11.3. The van der Waals surface area contributed by atoms with Crippen molar-refractivity contribution in [1.29, 1.82) is 0 Å². The maximum Gasteiger partial charge on any atom is 0.405 e. The van der Waals surface area contributed by atoms with E-state index in [-0.39, 0.29) is 5.75 Å². The minimum absolute atomic E-state index is 0.101. The molecule has 0 bridgehead atoms. The van der Waals surface area contributed by atoms with Gasteiger partial charge in [-0.25, -0.2) is 9.59 Å². The van der Waals surface area contributed by atoms with Crippen molar-refractivity contribution in [3.63, 3.8) is 0 Å². The van der Waals surface area contributed by atoms with Crippen molar-refractivity contribution in [2.45, 2.75) is 32.4 Å². The fourth-order valence-electron chi connectivity index (χ4n) is 0.775. The molecule has 8 heteroatoms. The summed E-state index contributed by atoms with van der Waals surface area (Å²) in [5, 5.41) is 9.76. The van der Waals surface area contributed by atoms with Crippen molar-refractivity contribution < 1.29 is 24.2 Å². The number of hydrogen-bond acceptors (Lipinski definition) is 5. The van der Waals surface area contributed by atoms with Gasteiger partial charge in [-0.2, -0.15) is 0 Å². The summed E-state index contributed by atoms with van der Waals surface area (Å²) in [5.41, 5.74) is 4.34. The Morgan fingerprint density at radius 1 is 1.41 bits per heavy atom. The van der Waals surface area contributed by atoms with E-state index < -0.39 is 28.9 Å². The molecule has 1 atom stereocenters. The molecular formula is C9H16N2O5S. The molecule has 0 aromatic heterocycles. The predicted octanol–water partition coefficient (Wildman–Crippen LogP) is 0.776. The molecule has 0 radical (unpaired) electrons. The van der Waals surface area contributed by atoms with Crippen LogP contribution >= 0.6 is 11.8 Å². The molecule has 4 N–H and O–H groups in total. The number of carboxylic acid groups (broad SMARTS) is 1. The summed E-state index contributed by atoms with van der Waals surface area (Å²) in [4.78, 5) is 32.5. The zero-order chi connectivity index (χ0) is 13.6. The molecule has 7 nitrogen and oxygen atoms in total. The number of primary amides is 1. The first-order chi connectivity index (χ1) is 7.61. The van der Waals surface area contributed by atoms with Gasteiger partial charge in [-0.1, -0.05) is 0 Å². The maximum absolute atomic E-state index is 11.3. The average Bonchev–Trinajstić information content (AvgIpc) is 2.08. The molecule has 0 rings (SSSR count). The van der Waals surface area contributed by atoms with Gasteiger partial charge in [-0.3, -0.25) is 4.79 Å². The molecule has 0 aliphatic heterocycles. The lowest BCUT2D eigenvalue weighted by atomic mass is 10.2. The lowest BCUT2D eigenvalue weighted by Gasteiger charge is -2.19. The van der Waals surface area contributed by atoms with Crippen molar-refractivity contribution in [2.24, 2.45) is 5.73 Å². The van der Waals surface area contributed by atoms with Gasteiger partial charge in [-0.15, -0.1) is 0 Å². The third-order valence-electron chi connectivity index (χ3n) is 1.40. The standard InChI is InChI=1S/C9H16N2O5S/c1-9(2,3)16-8(15)17-4-5(6(10)12)11-7(13)14/h5,11H,4H2,1-3H3,(H2,10,12)(H,13,14). The Morgan fingerprint density at radius 2 is 1.94 bits per heavy atom. The number of thioether (sulfide) groups is 1. The third-order valence-corrected chi connectivity index (χ3v) is 2.22. The summed E-state index contributed by atoms with van der Waals surface area (Å²) >= 11 is 0.694. The largest absolute Gasteiger partial charge is 0.465 e. The Morgan fingerprint density at radius 3 is 2.29 bits per heavy atom. The molecule has 2 amide bonds. The van der Waals surface area contributed by atoms with E-state index in [0.717, 1.165) is 0 Å². The van der Waals surface area contributed by atoms with Gasteiger partial charge in [0.15, 0.2) is 0 Å². The van der Waals surface area contributed by atoms with E-state index in [0.29, 0.717) is 11.8 Å². The number of amides is 2. The Balaban J connectivity index is 4.18. The summed E-state index contributed by atoms with van der Waals surface area (Å²) < 4.78 is 4.97. The van der Waals surface area contributed by atoms with E-state index >= 15 is 0 Å². The van der Waals surface area contributed by atoms with E-state index in [4.69, 9.17) is 15.6 Å². The van der Waals surface area contributed by atoms with Crippen molar-refractivity contribution in [1.82, 2.24) is 5.32 Å². The first-order valence-corrected chi connectivity index (χ1v) is 5.75. The summed E-state index contributed by atoms with van der Waals surface area (Å²) in [5.74, 6) is -0.945. The first kappa shape index (κ1) is 15.6. The highest BCUT2D eigenvalue weighted by atomic mass is 32.2. The molecule has 98 valence electrons. The van der Waals surface area contributed by atoms with Crippen LogP contribution in [0.4, 0.5) is 9.59 Å². The molecule has 17 heavy (non-hydrogen) atoms. The van der Waals surface area contributed by atoms with Crippen molar-refractivity contribution in [3.05, 3.63) is 0 Å². The lowest BCUT2D eigenvalue weighted by molar-refractivity contribution is -0.119. The summed E-state index contributed by atoms with van der Waals surface area (Å²) in [7, 11) is 0. The molecule has 0 aromatic rings. The predicted molar refractivity (Wildman–Crippen MR) is 62.8 cm³/mol. The molecule has 0 saturated heterocycles. The number of carbonyl (C=O) groups is 3. The van der Waals surface area contributed by atoms with Crippen LogP contribution < -0.4 is 11.1 Å². The number of hydrogen-bond donors (Lipinski definition) is 3. The molecule has 1 unspecified atom stereocenters. The Hall–Kier alpha value is -1.44. The highest BCUT2D eigenvalue weighted by Gasteiger charge is 2.22. The van der Waals surface area contributed by atoms with E-state index in [1.54, 1.807) is 20.8 Å². The second kappa shape index (κ2) is 6.33. The van der Waals surface area contributed by atoms with Gasteiger partial charge in [-0.05, 0) is 32.5 Å². The summed E-state index contributed by atoms with van der Waals surface area (Å²) in [6.45, 7) is 5.10. The van der Waals surface area contributed by atoms with E-state index in [9.17, 15) is 14.4 Å². The molecule has 0 spiro atoms. The topological polar surface area (TPSA) is 119 Å². The van der Waals surface area contributed by atoms with E-state index in [1.165, 1.54) is 0 Å². The number of carbonyl (C=O) groups excluding carboxylic acids is 2. The van der Waals surface area contributed by atoms with Crippen LogP contribution in [0.1, 0.15) is 20.8 Å². The van der Waals surface area contributed by atoms with Crippen LogP contribution in [0.5, 0.6) is 0 Å². The monoisotopic (exact) mass is 264 g/mol. The summed E-state index contributed by atoms with van der Waals surface area (Å²) in [6.07, 6.45) is -1.38. The fourth-order valence-corrected chi connectivity index (χ4v) is 1.63. The zero-order valence-corrected chi connectivity index (χ0v) is 10.7. The Bertz CT molecular complexity index is 313. The van der Waals surface area contributed by atoms with Crippen LogP contribution in [-0.4, -0.2) is 39.8 Å². The second-order valence-corrected chi connectivity index (χ2v) is 5.14. The molecule has 0 aromatic carbocycles. The minimum Gasteiger partial charge on any atom is -0.465 e. The number of rotatable bonds is 4. The van der Waals surface area contributed by atoms with Gasteiger partial charge in [0.05, 0.1) is 0 Å². The highest BCUT2D eigenvalue weighted by Crippen LogP contribution is 2.15. The minimum atomic E-state index is -1.38. The van der Waals surface area contributed by atoms with Crippen LogP contribution in [0.2, 0.25) is 0 Å². The molecular weight excluding hydrogens is 248 g/mol. The molecule has 0 saturated carbocycles. The first-order valence-electron chi connectivity index (χ1n) is 4.76. The fraction of sp³-hybridized carbons (Fsp3) is 0.667. The number of ether oxygens (including phenoxy) is 1. The molecule has 0 aliphatic carbocycles. The normalized spacial score (nSPS) is 12.6. The molecule has 0 heterocycles. The van der Waals surface area contributed by atoms with E-state index in [1.807, 2.05) is 5.32 Å². The van der Waals surface area contributed by atoms with Crippen molar-refractivity contribution >= 4 is 29.1 Å². The Kier molecular flexibility index (Phi) is 5.80. The van der Waals surface area contributed by atoms with Crippen molar-refractivity contribution in [3.8, 4) is 0 Å². The zero-order valence-electron chi connectivity index (χ0n) is 9.85. The quantitative estimate of drug-likeness (QED) is 0.645. The van der Waals surface area contributed by atoms with Crippen LogP contribution in [-0.2, 0) is 9.53 Å². The van der Waals surface area contributed by atoms with Crippen LogP contribution in [0.15, 0.2) is 0 Å². The highest BCUT2D eigenvalue weighted by molar-refractivity contribution is 8.13. The second-order valence-electron chi connectivity index (χ2n) is 4.18. The van der Waals surface area contributed by atoms with Gasteiger partial charge in [0, 0.05) is 5.75 Å². The van der Waals surface area contributed by atoms with Gasteiger partial charge >= 0.3 is 11.4 Å². The molecule has 0 aliphatic rings. The average molecular weight is 264 g/mol. The van der Waals surface area contributed by atoms with Gasteiger partial charge in [0.1, 0.15) is 11.6 Å². The van der Waals surface area contributed by atoms with Gasteiger partial charge in [0.2, 0.25) is 5.91 Å². The van der Waals surface area contributed by atoms with Gasteiger partial charge in [0.25, 0.3) is 0 Å². The SMILES string of the molecule is CC(C)(C)OC(=O)SCC(NC(=O)O)C(N)=O. The molecule has 0 fully saturated rings. The van der Waals surface area contributed by atoms with Crippen molar-refractivity contribution in [2.75, 3.05) is 5.75 Å². The third kappa shape index (κ3) is 8.38. The van der Waals surface area contributed by atoms with E-state index in [2.05, 4.69) is 0 Å². The van der Waals surface area contributed by atoms with Crippen LogP contribution in [0, 0.1) is 0 Å². The number of nitrogens with two attached hydrogens (primary N) is 1. The number of nitrogens with one attached hydrogen (secondary N) is 1. The van der Waals surface area contributed by atoms with Crippen LogP contribution in [0.3, 0.4) is 0 Å². The van der Waals surface area contributed by atoms with Gasteiger partial charge < -0.3 is 20.9 Å². The summed E-state index contributed by atoms with van der Waals surface area (Å²) in [6, 6.07) is -1.12. The Labute approximate surface area is 103 Å². The smallest absolute Gasteiger partial charge is 0.405 e. The van der Waals surface area contributed by atoms with Crippen LogP contribution in [0.25, 0.3) is 0 Å². The lowest BCUT2D eigenvalue weighted by Crippen LogP contribution is -2.45.